The van der Waals surface area contributed by atoms with Crippen molar-refractivity contribution < 1.29 is 4.79 Å². The average Bonchev–Trinajstić information content (AvgIpc) is 2.15. The van der Waals surface area contributed by atoms with Gasteiger partial charge in [-0.3, -0.25) is 4.79 Å². The van der Waals surface area contributed by atoms with Gasteiger partial charge >= 0.3 is 0 Å². The highest BCUT2D eigenvalue weighted by Crippen LogP contribution is 2.04. The summed E-state index contributed by atoms with van der Waals surface area (Å²) in [5.74, 6) is 0. The van der Waals surface area contributed by atoms with Crippen molar-refractivity contribution in [2.45, 2.75) is 19.9 Å². The largest absolute Gasteiger partial charge is 0.355 e. The van der Waals surface area contributed by atoms with E-state index in [1.807, 2.05) is 12.1 Å². The Morgan fingerprint density at radius 2 is 1.83 bits per heavy atom. The lowest BCUT2D eigenvalue weighted by Gasteiger charge is -2.00. The lowest BCUT2D eigenvalue weighted by Crippen LogP contribution is -2.09. The molecule has 1 rings (SSSR count). The predicted octanol–water partition coefficient (Wildman–Crippen LogP) is 1.49. The predicted molar refractivity (Wildman–Crippen MR) is 48.7 cm³/mol. The van der Waals surface area contributed by atoms with Crippen LogP contribution in [0.15, 0.2) is 24.3 Å². The van der Waals surface area contributed by atoms with Crippen molar-refractivity contribution in [2.24, 2.45) is 0 Å². The molecule has 1 amide bonds. The number of carbonyl (C=O) groups excluding carboxylic acids is 1. The van der Waals surface area contributed by atoms with Crippen LogP contribution in [0.25, 0.3) is 0 Å². The zero-order valence-corrected chi connectivity index (χ0v) is 7.21. The van der Waals surface area contributed by atoms with Gasteiger partial charge in [0.2, 0.25) is 6.41 Å². The van der Waals surface area contributed by atoms with Gasteiger partial charge in [0.05, 0.1) is 0 Å². The maximum Gasteiger partial charge on any atom is 0.207 e. The van der Waals surface area contributed by atoms with E-state index < -0.39 is 0 Å². The van der Waals surface area contributed by atoms with Crippen LogP contribution in [0, 0.1) is 0 Å². The highest BCUT2D eigenvalue weighted by atomic mass is 16.1. The minimum atomic E-state index is 0.619. The highest BCUT2D eigenvalue weighted by Gasteiger charge is 1.91. The number of carbonyl (C=O) groups is 1. The molecule has 1 aromatic rings. The number of amides is 1. The Hall–Kier alpha value is -1.31. The Labute approximate surface area is 72.6 Å². The molecular weight excluding hydrogens is 150 g/mol. The van der Waals surface area contributed by atoms with Crippen molar-refractivity contribution in [1.29, 1.82) is 0 Å². The third-order valence-electron chi connectivity index (χ3n) is 1.82. The molecule has 0 fully saturated rings. The van der Waals surface area contributed by atoms with E-state index in [4.69, 9.17) is 0 Å². The van der Waals surface area contributed by atoms with Crippen molar-refractivity contribution in [1.82, 2.24) is 5.32 Å². The number of hydrogen-bond acceptors (Lipinski definition) is 1. The van der Waals surface area contributed by atoms with Crippen LogP contribution in [0.3, 0.4) is 0 Å². The average molecular weight is 163 g/mol. The Morgan fingerprint density at radius 1 is 1.25 bits per heavy atom. The molecule has 0 heterocycles. The van der Waals surface area contributed by atoms with E-state index in [1.54, 1.807) is 0 Å². The summed E-state index contributed by atoms with van der Waals surface area (Å²) in [4.78, 5) is 9.99. The third kappa shape index (κ3) is 2.38. The Bertz CT molecular complexity index is 241. The fourth-order valence-electron chi connectivity index (χ4n) is 1.05. The molecule has 1 N–H and O–H groups in total. The summed E-state index contributed by atoms with van der Waals surface area (Å²) in [6.45, 7) is 2.74. The molecule has 12 heavy (non-hydrogen) atoms. The zero-order valence-electron chi connectivity index (χ0n) is 7.21. The number of nitrogens with one attached hydrogen (secondary N) is 1. The Morgan fingerprint density at radius 3 is 2.33 bits per heavy atom. The normalized spacial score (nSPS) is 9.42. The molecule has 0 saturated heterocycles. The monoisotopic (exact) mass is 163 g/mol. The van der Waals surface area contributed by atoms with E-state index in [9.17, 15) is 4.79 Å². The summed E-state index contributed by atoms with van der Waals surface area (Å²) in [5.41, 5.74) is 2.46. The summed E-state index contributed by atoms with van der Waals surface area (Å²) in [7, 11) is 0. The van der Waals surface area contributed by atoms with Gasteiger partial charge in [0.15, 0.2) is 0 Å². The molecule has 2 heteroatoms. The third-order valence-corrected chi connectivity index (χ3v) is 1.82. The van der Waals surface area contributed by atoms with Gasteiger partial charge in [-0.05, 0) is 17.5 Å². The van der Waals surface area contributed by atoms with Crippen molar-refractivity contribution in [2.75, 3.05) is 0 Å². The molecule has 0 aliphatic rings. The Kier molecular flexibility index (Phi) is 3.33. The molecule has 0 bridgehead atoms. The van der Waals surface area contributed by atoms with Gasteiger partial charge in [0.25, 0.3) is 0 Å². The van der Waals surface area contributed by atoms with Crippen LogP contribution >= 0.6 is 0 Å². The zero-order chi connectivity index (χ0) is 8.81. The first-order chi connectivity index (χ1) is 5.86. The van der Waals surface area contributed by atoms with E-state index in [1.165, 1.54) is 5.56 Å². The molecule has 0 atom stereocenters. The maximum absolute atomic E-state index is 9.99. The summed E-state index contributed by atoms with van der Waals surface area (Å²) in [5, 5.41) is 2.62. The molecular formula is C10H13NO. The molecule has 1 aromatic carbocycles. The van der Waals surface area contributed by atoms with Gasteiger partial charge in [-0.2, -0.15) is 0 Å². The second-order valence-corrected chi connectivity index (χ2v) is 2.67. The van der Waals surface area contributed by atoms with E-state index in [2.05, 4.69) is 24.4 Å². The van der Waals surface area contributed by atoms with Crippen LogP contribution in [0.4, 0.5) is 0 Å². The molecule has 2 nitrogen and oxygen atoms in total. The van der Waals surface area contributed by atoms with Gasteiger partial charge in [-0.15, -0.1) is 0 Å². The van der Waals surface area contributed by atoms with E-state index >= 15 is 0 Å². The van der Waals surface area contributed by atoms with Crippen LogP contribution in [0.1, 0.15) is 18.1 Å². The molecule has 0 unspecified atom stereocenters. The van der Waals surface area contributed by atoms with Crippen LogP contribution in [0.5, 0.6) is 0 Å². The lowest BCUT2D eigenvalue weighted by atomic mass is 10.1. The highest BCUT2D eigenvalue weighted by molar-refractivity contribution is 5.46. The molecule has 0 aromatic heterocycles. The topological polar surface area (TPSA) is 29.1 Å². The molecule has 0 aliphatic carbocycles. The smallest absolute Gasteiger partial charge is 0.207 e. The lowest BCUT2D eigenvalue weighted by molar-refractivity contribution is -0.109. The fraction of sp³-hybridized carbons (Fsp3) is 0.300. The quantitative estimate of drug-likeness (QED) is 0.669. The minimum absolute atomic E-state index is 0.619. The van der Waals surface area contributed by atoms with Crippen LogP contribution in [-0.2, 0) is 17.8 Å². The second-order valence-electron chi connectivity index (χ2n) is 2.67. The number of rotatable bonds is 4. The van der Waals surface area contributed by atoms with E-state index in [0.29, 0.717) is 13.0 Å². The number of hydrogen-bond donors (Lipinski definition) is 1. The Balaban J connectivity index is 2.58. The van der Waals surface area contributed by atoms with Crippen molar-refractivity contribution in [3.8, 4) is 0 Å². The summed E-state index contributed by atoms with van der Waals surface area (Å²) in [6, 6.07) is 8.24. The van der Waals surface area contributed by atoms with Crippen molar-refractivity contribution in [3.63, 3.8) is 0 Å². The maximum atomic E-state index is 9.99. The number of benzene rings is 1. The second kappa shape index (κ2) is 4.54. The molecule has 64 valence electrons. The summed E-state index contributed by atoms with van der Waals surface area (Å²) >= 11 is 0. The first kappa shape index (κ1) is 8.78. The molecule has 0 aliphatic heterocycles. The van der Waals surface area contributed by atoms with Gasteiger partial charge in [-0.1, -0.05) is 31.2 Å². The molecule has 0 radical (unpaired) electrons. The van der Waals surface area contributed by atoms with Gasteiger partial charge in [-0.25, -0.2) is 0 Å². The van der Waals surface area contributed by atoms with Crippen molar-refractivity contribution >= 4 is 6.41 Å². The molecule has 0 saturated carbocycles. The van der Waals surface area contributed by atoms with Crippen molar-refractivity contribution in [3.05, 3.63) is 35.4 Å². The van der Waals surface area contributed by atoms with Gasteiger partial charge in [0.1, 0.15) is 0 Å². The summed E-state index contributed by atoms with van der Waals surface area (Å²) < 4.78 is 0. The van der Waals surface area contributed by atoms with Gasteiger partial charge in [0, 0.05) is 6.54 Å². The minimum Gasteiger partial charge on any atom is -0.355 e. The summed E-state index contributed by atoms with van der Waals surface area (Å²) in [6.07, 6.45) is 1.77. The van der Waals surface area contributed by atoms with Gasteiger partial charge < -0.3 is 5.32 Å². The molecule has 0 spiro atoms. The van der Waals surface area contributed by atoms with Crippen LogP contribution < -0.4 is 5.32 Å². The first-order valence-electron chi connectivity index (χ1n) is 4.11. The SMILES string of the molecule is CCc1ccc(CNC=O)cc1. The fourth-order valence-corrected chi connectivity index (χ4v) is 1.05. The van der Waals surface area contributed by atoms with Crippen LogP contribution in [-0.4, -0.2) is 6.41 Å². The van der Waals surface area contributed by atoms with Crippen LogP contribution in [0.2, 0.25) is 0 Å². The standard InChI is InChI=1S/C10H13NO/c1-2-9-3-5-10(6-4-9)7-11-8-12/h3-6,8H,2,7H2,1H3,(H,11,12). The first-order valence-corrected chi connectivity index (χ1v) is 4.11. The number of aryl methyl sites for hydroxylation is 1. The van der Waals surface area contributed by atoms with E-state index in [-0.39, 0.29) is 0 Å². The van der Waals surface area contributed by atoms with E-state index in [0.717, 1.165) is 12.0 Å².